The van der Waals surface area contributed by atoms with Crippen LogP contribution in [0.3, 0.4) is 0 Å². The summed E-state index contributed by atoms with van der Waals surface area (Å²) < 4.78 is 6.63. The van der Waals surface area contributed by atoms with Crippen LogP contribution < -0.4 is 15.8 Å². The average Bonchev–Trinajstić information content (AvgIpc) is 2.47. The molecule has 0 aliphatic rings. The highest BCUT2D eigenvalue weighted by Crippen LogP contribution is 2.35. The van der Waals surface area contributed by atoms with E-state index in [0.29, 0.717) is 22.3 Å². The first-order valence-corrected chi connectivity index (χ1v) is 7.71. The Hall–Kier alpha value is -1.28. The van der Waals surface area contributed by atoms with E-state index in [1.165, 1.54) is 7.11 Å². The summed E-state index contributed by atoms with van der Waals surface area (Å²) >= 11 is 6.73. The van der Waals surface area contributed by atoms with Crippen LogP contribution in [0.5, 0.6) is 5.75 Å². The van der Waals surface area contributed by atoms with Gasteiger partial charge in [0.1, 0.15) is 11.2 Å². The molecule has 1 rings (SSSR count). The number of nitrogens with two attached hydrogens (primary N) is 1. The Labute approximate surface area is 140 Å². The zero-order valence-electron chi connectivity index (χ0n) is 11.9. The lowest BCUT2D eigenvalue weighted by molar-refractivity contribution is -0.121. The summed E-state index contributed by atoms with van der Waals surface area (Å²) in [5.41, 5.74) is 5.06. The summed E-state index contributed by atoms with van der Waals surface area (Å²) in [7, 11) is 1.53. The van der Waals surface area contributed by atoms with Gasteiger partial charge in [0.05, 0.1) is 17.3 Å². The van der Waals surface area contributed by atoms with Gasteiger partial charge in [0, 0.05) is 10.5 Å². The fourth-order valence-corrected chi connectivity index (χ4v) is 2.86. The molecular formula is C13H17Br2N3O3. The molecule has 0 aliphatic carbocycles. The van der Waals surface area contributed by atoms with Crippen LogP contribution in [-0.2, 0) is 4.79 Å². The molecule has 0 saturated heterocycles. The van der Waals surface area contributed by atoms with Gasteiger partial charge in [-0.15, -0.1) is 0 Å². The molecule has 1 unspecified atom stereocenters. The largest absolute Gasteiger partial charge is 0.495 e. The zero-order chi connectivity index (χ0) is 16.2. The third-order valence-corrected chi connectivity index (χ3v) is 4.65. The van der Waals surface area contributed by atoms with Crippen LogP contribution in [0, 0.1) is 5.41 Å². The minimum atomic E-state index is -1.10. The smallest absolute Gasteiger partial charge is 0.238 e. The molecule has 0 fully saturated rings. The molecule has 0 spiro atoms. The maximum atomic E-state index is 12.4. The Kier molecular flexibility index (Phi) is 6.03. The third kappa shape index (κ3) is 3.68. The van der Waals surface area contributed by atoms with Crippen molar-refractivity contribution in [1.29, 1.82) is 0 Å². The molecule has 1 aromatic rings. The number of oxime groups is 1. The summed E-state index contributed by atoms with van der Waals surface area (Å²) in [6.07, 6.45) is 0.389. The number of carbonyl (C=O) groups excluding carboxylic acids is 1. The molecule has 0 bridgehead atoms. The van der Waals surface area contributed by atoms with Gasteiger partial charge >= 0.3 is 0 Å². The lowest BCUT2D eigenvalue weighted by Crippen LogP contribution is -2.44. The number of hydrogen-bond donors (Lipinski definition) is 3. The average molecular weight is 423 g/mol. The maximum absolute atomic E-state index is 12.4. The highest BCUT2D eigenvalue weighted by Gasteiger charge is 2.36. The lowest BCUT2D eigenvalue weighted by atomic mass is 9.85. The second kappa shape index (κ2) is 7.13. The van der Waals surface area contributed by atoms with E-state index in [1.54, 1.807) is 26.0 Å². The summed E-state index contributed by atoms with van der Waals surface area (Å²) in [5, 5.41) is 14.6. The Morgan fingerprint density at radius 3 is 2.57 bits per heavy atom. The van der Waals surface area contributed by atoms with Gasteiger partial charge < -0.3 is 21.0 Å². The van der Waals surface area contributed by atoms with Gasteiger partial charge in [-0.25, -0.2) is 0 Å². The molecule has 8 heteroatoms. The van der Waals surface area contributed by atoms with Gasteiger partial charge in [-0.3, -0.25) is 4.79 Å². The number of anilines is 1. The van der Waals surface area contributed by atoms with E-state index in [9.17, 15) is 4.79 Å². The summed E-state index contributed by atoms with van der Waals surface area (Å²) in [5.74, 6) is 0.0728. The van der Waals surface area contributed by atoms with Crippen molar-refractivity contribution >= 4 is 49.3 Å². The van der Waals surface area contributed by atoms with Crippen LogP contribution in [0.1, 0.15) is 20.3 Å². The van der Waals surface area contributed by atoms with Crippen molar-refractivity contribution in [2.75, 3.05) is 12.4 Å². The van der Waals surface area contributed by atoms with Crippen molar-refractivity contribution in [3.05, 3.63) is 21.1 Å². The molecule has 4 N–H and O–H groups in total. The van der Waals surface area contributed by atoms with Crippen molar-refractivity contribution in [3.63, 3.8) is 0 Å². The topological polar surface area (TPSA) is 96.9 Å². The quantitative estimate of drug-likeness (QED) is 0.293. The summed E-state index contributed by atoms with van der Waals surface area (Å²) in [4.78, 5) is 12.4. The number of ether oxygens (including phenoxy) is 1. The molecule has 1 aromatic carbocycles. The SMILES string of the molecule is CCC(C)(C(=O)Nc1cc(OC)c(Br)cc1Br)/C(N)=N/O. The fourth-order valence-electron chi connectivity index (χ4n) is 1.61. The number of methoxy groups -OCH3 is 1. The number of hydrogen-bond acceptors (Lipinski definition) is 4. The molecule has 1 atom stereocenters. The minimum absolute atomic E-state index is 0.136. The minimum Gasteiger partial charge on any atom is -0.495 e. The van der Waals surface area contributed by atoms with E-state index in [2.05, 4.69) is 42.3 Å². The molecule has 116 valence electrons. The monoisotopic (exact) mass is 421 g/mol. The highest BCUT2D eigenvalue weighted by molar-refractivity contribution is 9.11. The number of nitrogens with one attached hydrogen (secondary N) is 1. The molecular weight excluding hydrogens is 406 g/mol. The molecule has 0 heterocycles. The molecule has 6 nitrogen and oxygen atoms in total. The van der Waals surface area contributed by atoms with E-state index in [1.807, 2.05) is 0 Å². The second-order valence-corrected chi connectivity index (χ2v) is 6.30. The first-order valence-electron chi connectivity index (χ1n) is 6.12. The number of halogens is 2. The van der Waals surface area contributed by atoms with Gasteiger partial charge in [0.25, 0.3) is 0 Å². The second-order valence-electron chi connectivity index (χ2n) is 4.59. The van der Waals surface area contributed by atoms with Crippen LogP contribution in [0.4, 0.5) is 5.69 Å². The number of amides is 1. The first kappa shape index (κ1) is 17.8. The molecule has 0 aliphatic heterocycles. The Bertz CT molecular complexity index is 578. The number of rotatable bonds is 5. The van der Waals surface area contributed by atoms with Gasteiger partial charge in [-0.1, -0.05) is 12.1 Å². The Morgan fingerprint density at radius 2 is 2.10 bits per heavy atom. The number of carbonyl (C=O) groups is 1. The lowest BCUT2D eigenvalue weighted by Gasteiger charge is -2.25. The van der Waals surface area contributed by atoms with Gasteiger partial charge in [0.15, 0.2) is 5.84 Å². The van der Waals surface area contributed by atoms with Crippen molar-refractivity contribution < 1.29 is 14.7 Å². The van der Waals surface area contributed by atoms with E-state index >= 15 is 0 Å². The fraction of sp³-hybridized carbons (Fsp3) is 0.385. The third-order valence-electron chi connectivity index (χ3n) is 3.37. The normalized spacial score (nSPS) is 14.4. The molecule has 0 aromatic heterocycles. The van der Waals surface area contributed by atoms with Gasteiger partial charge in [-0.2, -0.15) is 0 Å². The zero-order valence-corrected chi connectivity index (χ0v) is 15.1. The van der Waals surface area contributed by atoms with Crippen LogP contribution in [0.25, 0.3) is 0 Å². The predicted octanol–water partition coefficient (Wildman–Crippen LogP) is 3.32. The van der Waals surface area contributed by atoms with E-state index in [0.717, 1.165) is 4.47 Å². The van der Waals surface area contributed by atoms with Crippen molar-refractivity contribution in [3.8, 4) is 5.75 Å². The molecule has 0 radical (unpaired) electrons. The van der Waals surface area contributed by atoms with Crippen LogP contribution >= 0.6 is 31.9 Å². The van der Waals surface area contributed by atoms with E-state index in [-0.39, 0.29) is 11.7 Å². The maximum Gasteiger partial charge on any atom is 0.238 e. The van der Waals surface area contributed by atoms with Crippen LogP contribution in [0.2, 0.25) is 0 Å². The Morgan fingerprint density at radius 1 is 1.48 bits per heavy atom. The van der Waals surface area contributed by atoms with Crippen LogP contribution in [0.15, 0.2) is 26.2 Å². The van der Waals surface area contributed by atoms with Gasteiger partial charge in [-0.05, 0) is 51.3 Å². The standard InChI is InChI=1S/C13H17Br2N3O3/c1-4-13(2,11(16)18-20)12(19)17-9-6-10(21-3)8(15)5-7(9)14/h5-6,20H,4H2,1-3H3,(H2,16,18)(H,17,19). The van der Waals surface area contributed by atoms with Crippen molar-refractivity contribution in [2.24, 2.45) is 16.3 Å². The summed E-state index contributed by atoms with van der Waals surface area (Å²) in [6.45, 7) is 3.40. The number of amidine groups is 1. The molecule has 0 saturated carbocycles. The number of benzene rings is 1. The van der Waals surface area contributed by atoms with E-state index < -0.39 is 5.41 Å². The van der Waals surface area contributed by atoms with Crippen molar-refractivity contribution in [2.45, 2.75) is 20.3 Å². The van der Waals surface area contributed by atoms with Gasteiger partial charge in [0.2, 0.25) is 5.91 Å². The van der Waals surface area contributed by atoms with Crippen molar-refractivity contribution in [1.82, 2.24) is 0 Å². The highest BCUT2D eigenvalue weighted by atomic mass is 79.9. The van der Waals surface area contributed by atoms with E-state index in [4.69, 9.17) is 15.7 Å². The molecule has 1 amide bonds. The summed E-state index contributed by atoms with van der Waals surface area (Å²) in [6, 6.07) is 3.44. The number of nitrogens with zero attached hydrogens (tertiary/aromatic N) is 1. The Balaban J connectivity index is 3.13. The molecule has 21 heavy (non-hydrogen) atoms. The van der Waals surface area contributed by atoms with Crippen LogP contribution in [-0.4, -0.2) is 24.1 Å². The first-order chi connectivity index (χ1) is 9.79. The predicted molar refractivity (Wildman–Crippen MR) is 88.8 cm³/mol.